The lowest BCUT2D eigenvalue weighted by molar-refractivity contribution is 0.100. The highest BCUT2D eigenvalue weighted by Gasteiger charge is 2.18. The smallest absolute Gasteiger partial charge is 0.248 e. The van der Waals surface area contributed by atoms with E-state index in [1.54, 1.807) is 24.4 Å². The number of fused-ring (bicyclic) bond motifs is 1. The fourth-order valence-electron chi connectivity index (χ4n) is 3.18. The summed E-state index contributed by atoms with van der Waals surface area (Å²) in [4.78, 5) is 15.7. The summed E-state index contributed by atoms with van der Waals surface area (Å²) >= 11 is 0. The minimum absolute atomic E-state index is 0.243. The maximum absolute atomic E-state index is 11.4. The number of hydrogen-bond acceptors (Lipinski definition) is 5. The molecule has 0 saturated heterocycles. The quantitative estimate of drug-likeness (QED) is 0.569. The Kier molecular flexibility index (Phi) is 4.40. The van der Waals surface area contributed by atoms with Crippen LogP contribution in [0.4, 0.5) is 0 Å². The molecule has 0 unspecified atom stereocenters. The molecule has 0 aliphatic heterocycles. The molecule has 2 aromatic heterocycles. The molecule has 6 heteroatoms. The third-order valence-electron chi connectivity index (χ3n) is 4.53. The summed E-state index contributed by atoms with van der Waals surface area (Å²) in [6.07, 6.45) is 2.37. The average Bonchev–Trinajstić information content (AvgIpc) is 3.11. The minimum Gasteiger partial charge on any atom is -0.366 e. The predicted octanol–water partition coefficient (Wildman–Crippen LogP) is 3.23. The standard InChI is InChI=1S/C21H18N4O2/c22-18(12-14-5-3-4-10-24-14)15-6-1-2-7-16(15)20-17-9-8-13(21(23)26)11-19(17)27-25-20/h1-11,18H,12,22H2,(H2,23,26)/t18-/m0/s1. The molecule has 27 heavy (non-hydrogen) atoms. The number of pyridine rings is 1. The van der Waals surface area contributed by atoms with Gasteiger partial charge in [-0.1, -0.05) is 35.5 Å². The monoisotopic (exact) mass is 358 g/mol. The van der Waals surface area contributed by atoms with Crippen LogP contribution in [0.1, 0.15) is 27.7 Å². The van der Waals surface area contributed by atoms with Gasteiger partial charge in [0.2, 0.25) is 5.91 Å². The van der Waals surface area contributed by atoms with Crippen LogP contribution in [0.5, 0.6) is 0 Å². The van der Waals surface area contributed by atoms with E-state index in [9.17, 15) is 4.79 Å². The fourth-order valence-corrected chi connectivity index (χ4v) is 3.18. The zero-order chi connectivity index (χ0) is 18.8. The molecule has 4 rings (SSSR count). The van der Waals surface area contributed by atoms with Crippen molar-refractivity contribution in [3.63, 3.8) is 0 Å². The number of rotatable bonds is 5. The van der Waals surface area contributed by atoms with E-state index in [1.165, 1.54) is 0 Å². The molecule has 2 aromatic carbocycles. The number of primary amides is 1. The molecule has 0 aliphatic carbocycles. The number of amides is 1. The summed E-state index contributed by atoms with van der Waals surface area (Å²) in [6, 6.07) is 18.4. The van der Waals surface area contributed by atoms with Crippen molar-refractivity contribution in [1.29, 1.82) is 0 Å². The van der Waals surface area contributed by atoms with Crippen molar-refractivity contribution in [2.45, 2.75) is 12.5 Å². The van der Waals surface area contributed by atoms with E-state index < -0.39 is 5.91 Å². The first-order valence-corrected chi connectivity index (χ1v) is 8.57. The fraction of sp³-hybridized carbons (Fsp3) is 0.0952. The Morgan fingerprint density at radius 3 is 2.67 bits per heavy atom. The molecule has 0 aliphatic rings. The van der Waals surface area contributed by atoms with Crippen molar-refractivity contribution < 1.29 is 9.32 Å². The topological polar surface area (TPSA) is 108 Å². The van der Waals surface area contributed by atoms with Crippen LogP contribution in [0.15, 0.2) is 71.4 Å². The molecule has 4 aromatic rings. The van der Waals surface area contributed by atoms with Gasteiger partial charge in [0.05, 0.1) is 0 Å². The first kappa shape index (κ1) is 16.9. The highest BCUT2D eigenvalue weighted by atomic mass is 16.5. The number of aromatic nitrogens is 2. The van der Waals surface area contributed by atoms with Crippen LogP contribution in [0, 0.1) is 0 Å². The zero-order valence-corrected chi connectivity index (χ0v) is 14.5. The maximum Gasteiger partial charge on any atom is 0.248 e. The van der Waals surface area contributed by atoms with Gasteiger partial charge in [-0.25, -0.2) is 0 Å². The summed E-state index contributed by atoms with van der Waals surface area (Å²) in [5.74, 6) is -0.507. The van der Waals surface area contributed by atoms with Crippen LogP contribution < -0.4 is 11.5 Å². The van der Waals surface area contributed by atoms with Crippen LogP contribution in [-0.4, -0.2) is 16.0 Å². The summed E-state index contributed by atoms with van der Waals surface area (Å²) in [5, 5.41) is 5.02. The van der Waals surface area contributed by atoms with Gasteiger partial charge in [0.1, 0.15) is 5.69 Å². The molecule has 0 radical (unpaired) electrons. The van der Waals surface area contributed by atoms with E-state index in [0.717, 1.165) is 22.2 Å². The lowest BCUT2D eigenvalue weighted by Crippen LogP contribution is -2.15. The van der Waals surface area contributed by atoms with Gasteiger partial charge in [0, 0.05) is 40.9 Å². The second-order valence-corrected chi connectivity index (χ2v) is 6.33. The molecule has 0 fully saturated rings. The van der Waals surface area contributed by atoms with Crippen LogP contribution in [0.3, 0.4) is 0 Å². The third kappa shape index (κ3) is 3.30. The van der Waals surface area contributed by atoms with Crippen molar-refractivity contribution in [3.8, 4) is 11.3 Å². The molecule has 0 spiro atoms. The summed E-state index contributed by atoms with van der Waals surface area (Å²) in [5.41, 5.74) is 16.2. The Bertz CT molecular complexity index is 1110. The number of nitrogens with zero attached hydrogens (tertiary/aromatic N) is 2. The largest absolute Gasteiger partial charge is 0.366 e. The highest BCUT2D eigenvalue weighted by molar-refractivity contribution is 5.99. The number of benzene rings is 2. The van der Waals surface area contributed by atoms with Crippen molar-refractivity contribution in [1.82, 2.24) is 10.1 Å². The van der Waals surface area contributed by atoms with E-state index in [1.807, 2.05) is 42.5 Å². The Balaban J connectivity index is 1.75. The second kappa shape index (κ2) is 7.01. The molecule has 1 atom stereocenters. The van der Waals surface area contributed by atoms with Gasteiger partial charge in [-0.2, -0.15) is 0 Å². The number of nitrogens with two attached hydrogens (primary N) is 2. The Hall–Kier alpha value is -3.51. The lowest BCUT2D eigenvalue weighted by Gasteiger charge is -2.15. The minimum atomic E-state index is -0.507. The molecular formula is C21H18N4O2. The third-order valence-corrected chi connectivity index (χ3v) is 4.53. The van der Waals surface area contributed by atoms with Gasteiger partial charge in [-0.05, 0) is 35.9 Å². The average molecular weight is 358 g/mol. The molecule has 4 N–H and O–H groups in total. The van der Waals surface area contributed by atoms with Crippen LogP contribution in [0.2, 0.25) is 0 Å². The van der Waals surface area contributed by atoms with Crippen LogP contribution in [0.25, 0.3) is 22.2 Å². The molecule has 0 bridgehead atoms. The SMILES string of the molecule is NC(=O)c1ccc2c(-c3ccccc3[C@@H](N)Cc3ccccn3)noc2c1. The van der Waals surface area contributed by atoms with E-state index in [4.69, 9.17) is 16.0 Å². The van der Waals surface area contributed by atoms with Gasteiger partial charge in [-0.15, -0.1) is 0 Å². The Labute approximate surface area is 155 Å². The molecule has 6 nitrogen and oxygen atoms in total. The van der Waals surface area contributed by atoms with Crippen LogP contribution in [-0.2, 0) is 6.42 Å². The lowest BCUT2D eigenvalue weighted by atomic mass is 9.94. The van der Waals surface area contributed by atoms with Gasteiger partial charge < -0.3 is 16.0 Å². The molecule has 2 heterocycles. The summed E-state index contributed by atoms with van der Waals surface area (Å²) in [6.45, 7) is 0. The Morgan fingerprint density at radius 1 is 1.07 bits per heavy atom. The van der Waals surface area contributed by atoms with Gasteiger partial charge in [0.25, 0.3) is 0 Å². The first-order valence-electron chi connectivity index (χ1n) is 8.57. The van der Waals surface area contributed by atoms with Gasteiger partial charge in [0.15, 0.2) is 5.58 Å². The van der Waals surface area contributed by atoms with Crippen molar-refractivity contribution in [3.05, 3.63) is 83.7 Å². The van der Waals surface area contributed by atoms with Crippen molar-refractivity contribution in [2.75, 3.05) is 0 Å². The predicted molar refractivity (Wildman–Crippen MR) is 103 cm³/mol. The van der Waals surface area contributed by atoms with E-state index in [0.29, 0.717) is 23.3 Å². The molecule has 134 valence electrons. The molecule has 1 amide bonds. The maximum atomic E-state index is 11.4. The number of hydrogen-bond donors (Lipinski definition) is 2. The summed E-state index contributed by atoms with van der Waals surface area (Å²) < 4.78 is 5.44. The van der Waals surface area contributed by atoms with Gasteiger partial charge >= 0.3 is 0 Å². The highest BCUT2D eigenvalue weighted by Crippen LogP contribution is 2.33. The normalized spacial score (nSPS) is 12.2. The zero-order valence-electron chi connectivity index (χ0n) is 14.5. The first-order chi connectivity index (χ1) is 13.1. The van der Waals surface area contributed by atoms with E-state index >= 15 is 0 Å². The molecule has 0 saturated carbocycles. The summed E-state index contributed by atoms with van der Waals surface area (Å²) in [7, 11) is 0. The second-order valence-electron chi connectivity index (χ2n) is 6.33. The number of carbonyl (C=O) groups excluding carboxylic acids is 1. The number of carbonyl (C=O) groups is 1. The van der Waals surface area contributed by atoms with Crippen molar-refractivity contribution >= 4 is 16.9 Å². The van der Waals surface area contributed by atoms with E-state index in [2.05, 4.69) is 10.1 Å². The molecular weight excluding hydrogens is 340 g/mol. The Morgan fingerprint density at radius 2 is 1.89 bits per heavy atom. The van der Waals surface area contributed by atoms with Crippen LogP contribution >= 0.6 is 0 Å². The van der Waals surface area contributed by atoms with E-state index in [-0.39, 0.29) is 6.04 Å². The van der Waals surface area contributed by atoms with Gasteiger partial charge in [-0.3, -0.25) is 9.78 Å². The van der Waals surface area contributed by atoms with Crippen molar-refractivity contribution in [2.24, 2.45) is 11.5 Å².